The zero-order valence-electron chi connectivity index (χ0n) is 7.48. The third kappa shape index (κ3) is 3.85. The highest BCUT2D eigenvalue weighted by Crippen LogP contribution is 2.23. The molecule has 1 nitrogen and oxygen atoms in total. The zero-order valence-corrected chi connectivity index (χ0v) is 9.07. The van der Waals surface area contributed by atoms with Crippen molar-refractivity contribution in [3.05, 3.63) is 59.1 Å². The maximum Gasteiger partial charge on any atom is 0.316 e. The molecular formula is C12H11BrMgO. The lowest BCUT2D eigenvalue weighted by Gasteiger charge is -2.04. The Morgan fingerprint density at radius 2 is 1.47 bits per heavy atom. The second-order valence-electron chi connectivity index (χ2n) is 2.87. The summed E-state index contributed by atoms with van der Waals surface area (Å²) in [6.07, 6.45) is 0. The summed E-state index contributed by atoms with van der Waals surface area (Å²) >= 11 is 3.40. The average Bonchev–Trinajstić information content (AvgIpc) is 2.19. The Balaban J connectivity index is 0.00000112. The average molecular weight is 275 g/mol. The molecule has 0 N–H and O–H groups in total. The van der Waals surface area contributed by atoms with Crippen LogP contribution in [0.3, 0.4) is 0 Å². The highest BCUT2D eigenvalue weighted by molar-refractivity contribution is 9.10. The van der Waals surface area contributed by atoms with E-state index in [2.05, 4.69) is 15.9 Å². The van der Waals surface area contributed by atoms with Gasteiger partial charge >= 0.3 is 23.1 Å². The molecule has 74 valence electrons. The van der Waals surface area contributed by atoms with Gasteiger partial charge in [0.2, 0.25) is 0 Å². The second-order valence-corrected chi connectivity index (χ2v) is 3.79. The van der Waals surface area contributed by atoms with Gasteiger partial charge in [0.15, 0.2) is 0 Å². The molecule has 0 fully saturated rings. The van der Waals surface area contributed by atoms with E-state index in [-0.39, 0.29) is 23.1 Å². The SMILES string of the molecule is Brc1cccc(Oc2ccccc2)c1.[MgH2]. The van der Waals surface area contributed by atoms with Gasteiger partial charge in [0, 0.05) is 4.47 Å². The molecule has 2 aromatic rings. The molecule has 0 aliphatic rings. The summed E-state index contributed by atoms with van der Waals surface area (Å²) in [5, 5.41) is 0. The molecule has 0 aliphatic carbocycles. The first-order chi connectivity index (χ1) is 6.84. The van der Waals surface area contributed by atoms with Gasteiger partial charge in [-0.15, -0.1) is 0 Å². The molecule has 2 rings (SSSR count). The van der Waals surface area contributed by atoms with E-state index < -0.39 is 0 Å². The Hall–Kier alpha value is -0.514. The highest BCUT2D eigenvalue weighted by Gasteiger charge is 1.95. The Bertz CT molecular complexity index is 417. The fraction of sp³-hybridized carbons (Fsp3) is 0. The number of hydrogen-bond acceptors (Lipinski definition) is 1. The van der Waals surface area contributed by atoms with Crippen LogP contribution >= 0.6 is 15.9 Å². The summed E-state index contributed by atoms with van der Waals surface area (Å²) in [4.78, 5) is 0. The summed E-state index contributed by atoms with van der Waals surface area (Å²) in [5.41, 5.74) is 0. The van der Waals surface area contributed by atoms with Crippen LogP contribution in [0.25, 0.3) is 0 Å². The van der Waals surface area contributed by atoms with Crippen molar-refractivity contribution in [3.63, 3.8) is 0 Å². The third-order valence-corrected chi connectivity index (χ3v) is 2.27. The molecular weight excluding hydrogens is 264 g/mol. The van der Waals surface area contributed by atoms with Crippen LogP contribution in [0.1, 0.15) is 0 Å². The van der Waals surface area contributed by atoms with Crippen molar-refractivity contribution >= 4 is 39.0 Å². The third-order valence-electron chi connectivity index (χ3n) is 1.77. The minimum absolute atomic E-state index is 0. The van der Waals surface area contributed by atoms with Gasteiger partial charge in [-0.2, -0.15) is 0 Å². The van der Waals surface area contributed by atoms with E-state index in [9.17, 15) is 0 Å². The minimum atomic E-state index is 0. The Morgan fingerprint density at radius 1 is 0.800 bits per heavy atom. The molecule has 0 amide bonds. The molecule has 0 spiro atoms. The molecule has 3 heteroatoms. The minimum Gasteiger partial charge on any atom is -0.457 e. The van der Waals surface area contributed by atoms with E-state index in [0.29, 0.717) is 0 Å². The van der Waals surface area contributed by atoms with Crippen molar-refractivity contribution in [2.75, 3.05) is 0 Å². The van der Waals surface area contributed by atoms with Crippen LogP contribution in [-0.4, -0.2) is 23.1 Å². The largest absolute Gasteiger partial charge is 0.457 e. The number of ether oxygens (including phenoxy) is 1. The fourth-order valence-corrected chi connectivity index (χ4v) is 1.53. The Kier molecular flexibility index (Phi) is 5.15. The van der Waals surface area contributed by atoms with Gasteiger partial charge in [0.1, 0.15) is 11.5 Å². The lowest BCUT2D eigenvalue weighted by molar-refractivity contribution is 0.482. The van der Waals surface area contributed by atoms with E-state index in [0.717, 1.165) is 16.0 Å². The summed E-state index contributed by atoms with van der Waals surface area (Å²) < 4.78 is 6.65. The number of para-hydroxylation sites is 1. The molecule has 0 aliphatic heterocycles. The first kappa shape index (κ1) is 12.6. The maximum atomic E-state index is 5.63. The van der Waals surface area contributed by atoms with Crippen molar-refractivity contribution in [1.29, 1.82) is 0 Å². The maximum absolute atomic E-state index is 5.63. The van der Waals surface area contributed by atoms with Gasteiger partial charge in [-0.25, -0.2) is 0 Å². The molecule has 0 unspecified atom stereocenters. The summed E-state index contributed by atoms with van der Waals surface area (Å²) in [5.74, 6) is 1.69. The van der Waals surface area contributed by atoms with Gasteiger partial charge in [0.05, 0.1) is 0 Å². The first-order valence-corrected chi connectivity index (χ1v) is 5.12. The van der Waals surface area contributed by atoms with Crippen molar-refractivity contribution < 1.29 is 4.74 Å². The van der Waals surface area contributed by atoms with Crippen LogP contribution in [0.15, 0.2) is 59.1 Å². The molecule has 0 atom stereocenters. The van der Waals surface area contributed by atoms with Crippen LogP contribution in [0.2, 0.25) is 0 Å². The van der Waals surface area contributed by atoms with Crippen molar-refractivity contribution in [3.8, 4) is 11.5 Å². The molecule has 2 aromatic carbocycles. The van der Waals surface area contributed by atoms with E-state index in [4.69, 9.17) is 4.74 Å². The summed E-state index contributed by atoms with van der Waals surface area (Å²) in [6, 6.07) is 17.5. The molecule has 0 saturated heterocycles. The van der Waals surface area contributed by atoms with Gasteiger partial charge in [-0.05, 0) is 30.3 Å². The highest BCUT2D eigenvalue weighted by atomic mass is 79.9. The predicted octanol–water partition coefficient (Wildman–Crippen LogP) is 3.33. The first-order valence-electron chi connectivity index (χ1n) is 4.33. The lowest BCUT2D eigenvalue weighted by atomic mass is 10.3. The topological polar surface area (TPSA) is 9.23 Å². The standard InChI is InChI=1S/C12H9BrO.Mg.2H/c13-10-5-4-8-12(9-10)14-11-6-2-1-3-7-11;;;/h1-9H;;;. The van der Waals surface area contributed by atoms with Gasteiger partial charge in [-0.3, -0.25) is 0 Å². The number of halogens is 1. The quantitative estimate of drug-likeness (QED) is 0.764. The molecule has 0 heterocycles. The van der Waals surface area contributed by atoms with Crippen LogP contribution < -0.4 is 4.74 Å². The molecule has 0 radical (unpaired) electrons. The van der Waals surface area contributed by atoms with Crippen molar-refractivity contribution in [2.24, 2.45) is 0 Å². The molecule has 0 aromatic heterocycles. The smallest absolute Gasteiger partial charge is 0.316 e. The van der Waals surface area contributed by atoms with Crippen LogP contribution in [0.4, 0.5) is 0 Å². The fourth-order valence-electron chi connectivity index (χ4n) is 1.16. The Morgan fingerprint density at radius 3 is 2.13 bits per heavy atom. The molecule has 15 heavy (non-hydrogen) atoms. The van der Waals surface area contributed by atoms with Crippen LogP contribution in [-0.2, 0) is 0 Å². The molecule has 0 bridgehead atoms. The van der Waals surface area contributed by atoms with Crippen LogP contribution in [0, 0.1) is 0 Å². The normalized spacial score (nSPS) is 9.13. The molecule has 0 saturated carbocycles. The van der Waals surface area contributed by atoms with E-state index in [1.807, 2.05) is 54.6 Å². The Labute approximate surface area is 114 Å². The number of hydrogen-bond donors (Lipinski definition) is 0. The van der Waals surface area contributed by atoms with Crippen molar-refractivity contribution in [1.82, 2.24) is 0 Å². The monoisotopic (exact) mass is 274 g/mol. The van der Waals surface area contributed by atoms with Crippen LogP contribution in [0.5, 0.6) is 11.5 Å². The van der Waals surface area contributed by atoms with Gasteiger partial charge in [-0.1, -0.05) is 40.2 Å². The van der Waals surface area contributed by atoms with E-state index in [1.54, 1.807) is 0 Å². The number of benzene rings is 2. The van der Waals surface area contributed by atoms with Gasteiger partial charge < -0.3 is 4.74 Å². The number of rotatable bonds is 2. The summed E-state index contributed by atoms with van der Waals surface area (Å²) in [7, 11) is 0. The summed E-state index contributed by atoms with van der Waals surface area (Å²) in [6.45, 7) is 0. The zero-order chi connectivity index (χ0) is 9.80. The second kappa shape index (κ2) is 6.15. The van der Waals surface area contributed by atoms with Gasteiger partial charge in [0.25, 0.3) is 0 Å². The van der Waals surface area contributed by atoms with E-state index in [1.165, 1.54) is 0 Å². The lowest BCUT2D eigenvalue weighted by Crippen LogP contribution is -1.82. The van der Waals surface area contributed by atoms with E-state index >= 15 is 0 Å². The predicted molar refractivity (Wildman–Crippen MR) is 69.2 cm³/mol. The van der Waals surface area contributed by atoms with Crippen molar-refractivity contribution in [2.45, 2.75) is 0 Å².